The first-order chi connectivity index (χ1) is 26.8. The van der Waals surface area contributed by atoms with Gasteiger partial charge in [0.25, 0.3) is 0 Å². The van der Waals surface area contributed by atoms with Gasteiger partial charge >= 0.3 is 0 Å². The fourth-order valence-corrected chi connectivity index (χ4v) is 7.80. The zero-order valence-electron chi connectivity index (χ0n) is 29.6. The molecule has 2 heteroatoms. The molecule has 54 heavy (non-hydrogen) atoms. The average molecular weight is 690 g/mol. The second-order valence-corrected chi connectivity index (χ2v) is 13.7. The monoisotopic (exact) mass is 689 g/mol. The molecule has 254 valence electrons. The number of para-hydroxylation sites is 2. The SMILES string of the molecule is c1ccc(-c2ccc(-c3ccc(N(c4cccc(-c5ccc6ccccc6c5)c4)c4ccccc4-c4cccc5oc6ccccc6c45)cc3)cc2)cc1. The predicted octanol–water partition coefficient (Wildman–Crippen LogP) is 14.9. The first-order valence-electron chi connectivity index (χ1n) is 18.4. The van der Waals surface area contributed by atoms with Crippen molar-refractivity contribution in [3.63, 3.8) is 0 Å². The van der Waals surface area contributed by atoms with Crippen molar-refractivity contribution in [3.8, 4) is 44.5 Å². The van der Waals surface area contributed by atoms with Crippen LogP contribution in [-0.2, 0) is 0 Å². The first kappa shape index (κ1) is 31.6. The van der Waals surface area contributed by atoms with Crippen LogP contribution in [0.15, 0.2) is 217 Å². The summed E-state index contributed by atoms with van der Waals surface area (Å²) >= 11 is 0. The van der Waals surface area contributed by atoms with E-state index in [9.17, 15) is 0 Å². The minimum Gasteiger partial charge on any atom is -0.456 e. The van der Waals surface area contributed by atoms with Gasteiger partial charge in [0.05, 0.1) is 5.69 Å². The molecule has 0 aliphatic heterocycles. The highest BCUT2D eigenvalue weighted by atomic mass is 16.3. The molecular weight excluding hydrogens is 655 g/mol. The normalized spacial score (nSPS) is 11.3. The van der Waals surface area contributed by atoms with Crippen LogP contribution >= 0.6 is 0 Å². The maximum atomic E-state index is 6.35. The molecule has 0 amide bonds. The van der Waals surface area contributed by atoms with Crippen molar-refractivity contribution in [3.05, 3.63) is 212 Å². The van der Waals surface area contributed by atoms with Crippen molar-refractivity contribution in [1.82, 2.24) is 0 Å². The van der Waals surface area contributed by atoms with Gasteiger partial charge in [-0.15, -0.1) is 0 Å². The Kier molecular flexibility index (Phi) is 7.85. The molecule has 0 bridgehead atoms. The summed E-state index contributed by atoms with van der Waals surface area (Å²) in [6, 6.07) is 75.9. The average Bonchev–Trinajstić information content (AvgIpc) is 3.64. The van der Waals surface area contributed by atoms with Crippen molar-refractivity contribution in [2.75, 3.05) is 4.90 Å². The van der Waals surface area contributed by atoms with Gasteiger partial charge in [0.15, 0.2) is 0 Å². The number of hydrogen-bond donors (Lipinski definition) is 0. The van der Waals surface area contributed by atoms with E-state index in [-0.39, 0.29) is 0 Å². The molecule has 9 aromatic carbocycles. The zero-order valence-corrected chi connectivity index (χ0v) is 29.6. The summed E-state index contributed by atoms with van der Waals surface area (Å²) in [5.74, 6) is 0. The summed E-state index contributed by atoms with van der Waals surface area (Å²) < 4.78 is 6.35. The second-order valence-electron chi connectivity index (χ2n) is 13.7. The van der Waals surface area contributed by atoms with Crippen LogP contribution in [0.25, 0.3) is 77.2 Å². The Morgan fingerprint density at radius 2 is 0.870 bits per heavy atom. The Hall–Kier alpha value is -7.16. The van der Waals surface area contributed by atoms with Crippen molar-refractivity contribution in [2.24, 2.45) is 0 Å². The molecule has 1 aromatic heterocycles. The van der Waals surface area contributed by atoms with E-state index in [0.29, 0.717) is 0 Å². The van der Waals surface area contributed by atoms with E-state index in [4.69, 9.17) is 4.42 Å². The van der Waals surface area contributed by atoms with Gasteiger partial charge in [0.2, 0.25) is 0 Å². The summed E-state index contributed by atoms with van der Waals surface area (Å²) in [6.45, 7) is 0. The topological polar surface area (TPSA) is 16.4 Å². The van der Waals surface area contributed by atoms with E-state index in [1.54, 1.807) is 0 Å². The molecule has 1 heterocycles. The molecule has 0 fully saturated rings. The van der Waals surface area contributed by atoms with Gasteiger partial charge in [0.1, 0.15) is 11.2 Å². The zero-order chi connectivity index (χ0) is 35.8. The smallest absolute Gasteiger partial charge is 0.136 e. The number of hydrogen-bond acceptors (Lipinski definition) is 2. The van der Waals surface area contributed by atoms with E-state index in [0.717, 1.165) is 50.1 Å². The third kappa shape index (κ3) is 5.71. The van der Waals surface area contributed by atoms with Crippen molar-refractivity contribution in [1.29, 1.82) is 0 Å². The molecule has 0 spiro atoms. The number of anilines is 3. The minimum atomic E-state index is 0.885. The third-order valence-corrected chi connectivity index (χ3v) is 10.5. The fraction of sp³-hybridized carbons (Fsp3) is 0. The van der Waals surface area contributed by atoms with Crippen LogP contribution in [-0.4, -0.2) is 0 Å². The highest BCUT2D eigenvalue weighted by Crippen LogP contribution is 2.45. The Morgan fingerprint density at radius 3 is 1.69 bits per heavy atom. The highest BCUT2D eigenvalue weighted by Gasteiger charge is 2.21. The molecule has 0 atom stereocenters. The van der Waals surface area contributed by atoms with Crippen LogP contribution in [0.5, 0.6) is 0 Å². The minimum absolute atomic E-state index is 0.885. The van der Waals surface area contributed by atoms with Gasteiger partial charge in [-0.2, -0.15) is 0 Å². The Balaban J connectivity index is 1.12. The Morgan fingerprint density at radius 1 is 0.315 bits per heavy atom. The summed E-state index contributed by atoms with van der Waals surface area (Å²) in [5, 5.41) is 4.71. The van der Waals surface area contributed by atoms with Crippen LogP contribution in [0.2, 0.25) is 0 Å². The Bertz CT molecular complexity index is 2920. The van der Waals surface area contributed by atoms with E-state index >= 15 is 0 Å². The number of fused-ring (bicyclic) bond motifs is 4. The highest BCUT2D eigenvalue weighted by molar-refractivity contribution is 6.14. The van der Waals surface area contributed by atoms with Gasteiger partial charge in [-0.3, -0.25) is 0 Å². The van der Waals surface area contributed by atoms with Crippen molar-refractivity contribution < 1.29 is 4.42 Å². The molecule has 0 aliphatic carbocycles. The van der Waals surface area contributed by atoms with Crippen molar-refractivity contribution in [2.45, 2.75) is 0 Å². The summed E-state index contributed by atoms with van der Waals surface area (Å²) in [7, 11) is 0. The second kappa shape index (κ2) is 13.4. The van der Waals surface area contributed by atoms with E-state index in [1.165, 1.54) is 44.2 Å². The Labute approximate surface area is 314 Å². The summed E-state index contributed by atoms with van der Waals surface area (Å²) in [5.41, 5.74) is 14.4. The van der Waals surface area contributed by atoms with Crippen molar-refractivity contribution >= 4 is 49.8 Å². The van der Waals surface area contributed by atoms with E-state index < -0.39 is 0 Å². The van der Waals surface area contributed by atoms with Gasteiger partial charge in [-0.05, 0) is 98.2 Å². The standard InChI is InChI=1S/C52H35NO/c1-2-12-36(13-3-1)38-24-26-39(27-25-38)40-30-32-44(33-31-40)53(45-17-10-16-42(35-45)43-29-28-37-14-4-5-15-41(37)34-43)49-21-8-6-18-46(49)47-20-11-23-51-52(47)48-19-7-9-22-50(48)54-51/h1-35H. The lowest BCUT2D eigenvalue weighted by molar-refractivity contribution is 0.669. The molecule has 10 rings (SSSR count). The number of nitrogens with zero attached hydrogens (tertiary/aromatic N) is 1. The fourth-order valence-electron chi connectivity index (χ4n) is 7.80. The molecule has 0 saturated carbocycles. The quantitative estimate of drug-likeness (QED) is 0.166. The van der Waals surface area contributed by atoms with E-state index in [2.05, 4.69) is 205 Å². The maximum Gasteiger partial charge on any atom is 0.136 e. The molecule has 10 aromatic rings. The maximum absolute atomic E-state index is 6.35. The van der Waals surface area contributed by atoms with Crippen LogP contribution in [0.1, 0.15) is 0 Å². The van der Waals surface area contributed by atoms with Gasteiger partial charge in [0, 0.05) is 27.7 Å². The van der Waals surface area contributed by atoms with Gasteiger partial charge < -0.3 is 9.32 Å². The molecule has 0 aliphatic rings. The lowest BCUT2D eigenvalue weighted by Gasteiger charge is -2.28. The van der Waals surface area contributed by atoms with Gasteiger partial charge in [-0.25, -0.2) is 0 Å². The third-order valence-electron chi connectivity index (χ3n) is 10.5. The molecular formula is C52H35NO. The molecule has 0 saturated heterocycles. The van der Waals surface area contributed by atoms with Crippen LogP contribution in [0, 0.1) is 0 Å². The number of benzene rings is 9. The molecule has 0 N–H and O–H groups in total. The summed E-state index contributed by atoms with van der Waals surface area (Å²) in [6.07, 6.45) is 0. The largest absolute Gasteiger partial charge is 0.456 e. The lowest BCUT2D eigenvalue weighted by Crippen LogP contribution is -2.11. The van der Waals surface area contributed by atoms with Gasteiger partial charge in [-0.1, -0.05) is 164 Å². The van der Waals surface area contributed by atoms with Crippen LogP contribution < -0.4 is 4.90 Å². The molecule has 0 unspecified atom stereocenters. The predicted molar refractivity (Wildman–Crippen MR) is 228 cm³/mol. The van der Waals surface area contributed by atoms with E-state index in [1.807, 2.05) is 12.1 Å². The molecule has 0 radical (unpaired) electrons. The first-order valence-corrected chi connectivity index (χ1v) is 18.4. The lowest BCUT2D eigenvalue weighted by atomic mass is 9.96. The van der Waals surface area contributed by atoms with Crippen LogP contribution in [0.4, 0.5) is 17.1 Å². The molecule has 2 nitrogen and oxygen atoms in total. The summed E-state index contributed by atoms with van der Waals surface area (Å²) in [4.78, 5) is 2.39. The number of furan rings is 1. The van der Waals surface area contributed by atoms with Crippen LogP contribution in [0.3, 0.4) is 0 Å². The number of rotatable bonds is 7.